The standard InChI is InChI=1S/C12H13BrO4/c1-7(13)12(16)8-3-4-10(17-2)9(5-8)6-11(14)15/h3-5,7H,6H2,1-2H3,(H,14,15). The number of Topliss-reactive ketones (excluding diaryl/α,β-unsaturated/α-hetero) is 1. The van der Waals surface area contributed by atoms with Crippen LogP contribution in [0.1, 0.15) is 22.8 Å². The lowest BCUT2D eigenvalue weighted by Gasteiger charge is -2.09. The van der Waals surface area contributed by atoms with Gasteiger partial charge in [0.2, 0.25) is 0 Å². The van der Waals surface area contributed by atoms with Crippen LogP contribution in [0.3, 0.4) is 0 Å². The van der Waals surface area contributed by atoms with Gasteiger partial charge in [-0.05, 0) is 25.1 Å². The quantitative estimate of drug-likeness (QED) is 0.669. The maximum Gasteiger partial charge on any atom is 0.307 e. The SMILES string of the molecule is COc1ccc(C(=O)C(C)Br)cc1CC(=O)O. The van der Waals surface area contributed by atoms with Gasteiger partial charge >= 0.3 is 5.97 Å². The first kappa shape index (κ1) is 13.7. The van der Waals surface area contributed by atoms with E-state index in [2.05, 4.69) is 15.9 Å². The van der Waals surface area contributed by atoms with Crippen LogP contribution >= 0.6 is 15.9 Å². The number of alkyl halides is 1. The second-order valence-electron chi connectivity index (χ2n) is 3.58. The highest BCUT2D eigenvalue weighted by Gasteiger charge is 2.15. The van der Waals surface area contributed by atoms with Gasteiger partial charge in [-0.3, -0.25) is 9.59 Å². The third kappa shape index (κ3) is 3.56. The Kier molecular flexibility index (Phi) is 4.69. The predicted molar refractivity (Wildman–Crippen MR) is 67.1 cm³/mol. The summed E-state index contributed by atoms with van der Waals surface area (Å²) < 4.78 is 5.06. The van der Waals surface area contributed by atoms with E-state index in [1.54, 1.807) is 25.1 Å². The monoisotopic (exact) mass is 300 g/mol. The van der Waals surface area contributed by atoms with Crippen LogP contribution in [0, 0.1) is 0 Å². The van der Waals surface area contributed by atoms with E-state index in [9.17, 15) is 9.59 Å². The summed E-state index contributed by atoms with van der Waals surface area (Å²) in [4.78, 5) is 22.2. The van der Waals surface area contributed by atoms with Gasteiger partial charge in [0, 0.05) is 11.1 Å². The molecule has 0 aliphatic carbocycles. The lowest BCUT2D eigenvalue weighted by Crippen LogP contribution is -2.11. The fourth-order valence-corrected chi connectivity index (χ4v) is 1.73. The average molecular weight is 301 g/mol. The molecule has 4 nitrogen and oxygen atoms in total. The Hall–Kier alpha value is -1.36. The number of carboxylic acid groups (broad SMARTS) is 1. The highest BCUT2D eigenvalue weighted by Crippen LogP contribution is 2.22. The molecule has 0 fully saturated rings. The summed E-state index contributed by atoms with van der Waals surface area (Å²) in [5, 5.41) is 8.78. The molecule has 0 saturated carbocycles. The predicted octanol–water partition coefficient (Wildman–Crippen LogP) is 2.29. The van der Waals surface area contributed by atoms with Crippen molar-refractivity contribution in [3.05, 3.63) is 29.3 Å². The molecule has 1 unspecified atom stereocenters. The highest BCUT2D eigenvalue weighted by atomic mass is 79.9. The first-order chi connectivity index (χ1) is 7.95. The fourth-order valence-electron chi connectivity index (χ4n) is 1.46. The molecule has 0 aromatic heterocycles. The molecule has 1 atom stereocenters. The Morgan fingerprint density at radius 3 is 2.59 bits per heavy atom. The molecular weight excluding hydrogens is 288 g/mol. The summed E-state index contributed by atoms with van der Waals surface area (Å²) in [5.74, 6) is -0.565. The number of aliphatic carboxylic acids is 1. The molecule has 0 aliphatic rings. The van der Waals surface area contributed by atoms with Crippen molar-refractivity contribution >= 4 is 27.7 Å². The van der Waals surface area contributed by atoms with Gasteiger partial charge in [0.05, 0.1) is 18.4 Å². The molecule has 92 valence electrons. The molecule has 0 bridgehead atoms. The fraction of sp³-hybridized carbons (Fsp3) is 0.333. The minimum Gasteiger partial charge on any atom is -0.496 e. The summed E-state index contributed by atoms with van der Waals surface area (Å²) in [7, 11) is 1.47. The van der Waals surface area contributed by atoms with Crippen molar-refractivity contribution in [2.75, 3.05) is 7.11 Å². The third-order valence-corrected chi connectivity index (χ3v) is 2.68. The van der Waals surface area contributed by atoms with Crippen molar-refractivity contribution in [1.82, 2.24) is 0 Å². The molecule has 0 aliphatic heterocycles. The number of carboxylic acids is 1. The molecule has 0 spiro atoms. The first-order valence-electron chi connectivity index (χ1n) is 5.02. The molecule has 1 rings (SSSR count). The Morgan fingerprint density at radius 2 is 2.12 bits per heavy atom. The van der Waals surface area contributed by atoms with E-state index in [1.807, 2.05) is 0 Å². The Balaban J connectivity index is 3.12. The van der Waals surface area contributed by atoms with Crippen LogP contribution in [0.5, 0.6) is 5.75 Å². The summed E-state index contributed by atoms with van der Waals surface area (Å²) in [6, 6.07) is 4.80. The lowest BCUT2D eigenvalue weighted by molar-refractivity contribution is -0.136. The topological polar surface area (TPSA) is 63.6 Å². The van der Waals surface area contributed by atoms with Gasteiger partial charge in [-0.15, -0.1) is 0 Å². The number of carbonyl (C=O) groups excluding carboxylic acids is 1. The summed E-state index contributed by atoms with van der Waals surface area (Å²) in [6.45, 7) is 1.73. The van der Waals surface area contributed by atoms with Crippen LogP contribution < -0.4 is 4.74 Å². The molecule has 0 amide bonds. The minimum atomic E-state index is -0.959. The number of hydrogen-bond acceptors (Lipinski definition) is 3. The second-order valence-corrected chi connectivity index (χ2v) is 4.95. The molecule has 1 N–H and O–H groups in total. The average Bonchev–Trinajstić information content (AvgIpc) is 2.27. The molecule has 5 heteroatoms. The van der Waals surface area contributed by atoms with E-state index in [4.69, 9.17) is 9.84 Å². The van der Waals surface area contributed by atoms with Crippen molar-refractivity contribution in [1.29, 1.82) is 0 Å². The van der Waals surface area contributed by atoms with Gasteiger partial charge in [0.25, 0.3) is 0 Å². The molecular formula is C12H13BrO4. The minimum absolute atomic E-state index is 0.0840. The number of benzene rings is 1. The number of ether oxygens (including phenoxy) is 1. The molecule has 1 aromatic rings. The van der Waals surface area contributed by atoms with E-state index >= 15 is 0 Å². The van der Waals surface area contributed by atoms with E-state index in [0.29, 0.717) is 16.9 Å². The Morgan fingerprint density at radius 1 is 1.47 bits per heavy atom. The van der Waals surface area contributed by atoms with Gasteiger partial charge in [-0.2, -0.15) is 0 Å². The number of halogens is 1. The lowest BCUT2D eigenvalue weighted by atomic mass is 10.0. The molecule has 0 saturated heterocycles. The smallest absolute Gasteiger partial charge is 0.307 e. The zero-order valence-electron chi connectivity index (χ0n) is 9.57. The molecule has 0 radical (unpaired) electrons. The number of methoxy groups -OCH3 is 1. The molecule has 0 heterocycles. The normalized spacial score (nSPS) is 11.9. The zero-order chi connectivity index (χ0) is 13.0. The maximum atomic E-state index is 11.7. The zero-order valence-corrected chi connectivity index (χ0v) is 11.2. The van der Waals surface area contributed by atoms with Crippen LogP contribution in [0.15, 0.2) is 18.2 Å². The Bertz CT molecular complexity index is 440. The first-order valence-corrected chi connectivity index (χ1v) is 5.94. The number of ketones is 1. The van der Waals surface area contributed by atoms with E-state index < -0.39 is 5.97 Å². The van der Waals surface area contributed by atoms with Crippen LogP contribution in [-0.4, -0.2) is 28.8 Å². The van der Waals surface area contributed by atoms with Crippen molar-refractivity contribution in [2.45, 2.75) is 18.2 Å². The van der Waals surface area contributed by atoms with E-state index in [0.717, 1.165) is 0 Å². The number of hydrogen-bond donors (Lipinski definition) is 1. The summed E-state index contributed by atoms with van der Waals surface area (Å²) in [5.41, 5.74) is 0.977. The molecule has 1 aromatic carbocycles. The van der Waals surface area contributed by atoms with Crippen molar-refractivity contribution in [2.24, 2.45) is 0 Å². The van der Waals surface area contributed by atoms with Gasteiger partial charge in [-0.25, -0.2) is 0 Å². The maximum absolute atomic E-state index is 11.7. The van der Waals surface area contributed by atoms with Gasteiger partial charge in [0.15, 0.2) is 5.78 Å². The second kappa shape index (κ2) is 5.82. The number of rotatable bonds is 5. The van der Waals surface area contributed by atoms with E-state index in [-0.39, 0.29) is 17.0 Å². The molecule has 17 heavy (non-hydrogen) atoms. The van der Waals surface area contributed by atoms with Crippen LogP contribution in [0.2, 0.25) is 0 Å². The van der Waals surface area contributed by atoms with Crippen LogP contribution in [0.25, 0.3) is 0 Å². The van der Waals surface area contributed by atoms with Gasteiger partial charge < -0.3 is 9.84 Å². The summed E-state index contributed by atoms with van der Waals surface area (Å²) in [6.07, 6.45) is -0.166. The van der Waals surface area contributed by atoms with Gasteiger partial charge in [0.1, 0.15) is 5.75 Å². The van der Waals surface area contributed by atoms with Crippen molar-refractivity contribution in [3.63, 3.8) is 0 Å². The van der Waals surface area contributed by atoms with Gasteiger partial charge in [-0.1, -0.05) is 15.9 Å². The van der Waals surface area contributed by atoms with Crippen LogP contribution in [-0.2, 0) is 11.2 Å². The van der Waals surface area contributed by atoms with Crippen molar-refractivity contribution < 1.29 is 19.4 Å². The Labute approximate surface area is 108 Å². The van der Waals surface area contributed by atoms with E-state index in [1.165, 1.54) is 7.11 Å². The highest BCUT2D eigenvalue weighted by molar-refractivity contribution is 9.10. The van der Waals surface area contributed by atoms with Crippen LogP contribution in [0.4, 0.5) is 0 Å². The largest absolute Gasteiger partial charge is 0.496 e. The summed E-state index contributed by atoms with van der Waals surface area (Å²) >= 11 is 3.19. The van der Waals surface area contributed by atoms with Crippen molar-refractivity contribution in [3.8, 4) is 5.75 Å². The third-order valence-electron chi connectivity index (χ3n) is 2.27. The number of carbonyl (C=O) groups is 2.